The molecule has 0 bridgehead atoms. The zero-order valence-corrected chi connectivity index (χ0v) is 25.9. The number of aliphatic carboxylic acids is 2. The zero-order chi connectivity index (χ0) is 32.7. The molecule has 0 fully saturated rings. The molecule has 4 aromatic carbocycles. The SMILES string of the molecule is CC(NCc1ccccc1)C1COc2ccccc2O1.CC(NCc1ccccc1)C1COc2ccccc2O1.O=C(O)C(=O)O. The highest BCUT2D eigenvalue weighted by Crippen LogP contribution is 2.32. The molecule has 2 heterocycles. The van der Waals surface area contributed by atoms with Gasteiger partial charge in [0.05, 0.1) is 0 Å². The number of rotatable bonds is 8. The highest BCUT2D eigenvalue weighted by molar-refractivity contribution is 6.27. The van der Waals surface area contributed by atoms with Crippen LogP contribution in [0.25, 0.3) is 0 Å². The summed E-state index contributed by atoms with van der Waals surface area (Å²) < 4.78 is 23.5. The molecule has 6 rings (SSSR count). The van der Waals surface area contributed by atoms with Crippen LogP contribution in [0.15, 0.2) is 109 Å². The van der Waals surface area contributed by atoms with Gasteiger partial charge in [-0.15, -0.1) is 0 Å². The number of carboxylic acid groups (broad SMARTS) is 2. The van der Waals surface area contributed by atoms with Crippen LogP contribution >= 0.6 is 0 Å². The average Bonchev–Trinajstić information content (AvgIpc) is 3.10. The van der Waals surface area contributed by atoms with Crippen LogP contribution < -0.4 is 29.6 Å². The summed E-state index contributed by atoms with van der Waals surface area (Å²) in [7, 11) is 0. The van der Waals surface area contributed by atoms with Crippen molar-refractivity contribution in [3.63, 3.8) is 0 Å². The molecule has 0 saturated carbocycles. The van der Waals surface area contributed by atoms with Gasteiger partial charge < -0.3 is 39.8 Å². The van der Waals surface area contributed by atoms with Crippen molar-refractivity contribution in [1.82, 2.24) is 10.6 Å². The topological polar surface area (TPSA) is 136 Å². The predicted molar refractivity (Wildman–Crippen MR) is 173 cm³/mol. The van der Waals surface area contributed by atoms with Crippen molar-refractivity contribution in [3.8, 4) is 23.0 Å². The first-order chi connectivity index (χ1) is 22.3. The molecule has 4 atom stereocenters. The molecule has 4 unspecified atom stereocenters. The van der Waals surface area contributed by atoms with Gasteiger partial charge in [0.25, 0.3) is 0 Å². The number of hydrogen-bond acceptors (Lipinski definition) is 8. The van der Waals surface area contributed by atoms with E-state index >= 15 is 0 Å². The first-order valence-corrected chi connectivity index (χ1v) is 15.1. The molecular formula is C36H40N2O8. The van der Waals surface area contributed by atoms with Crippen LogP contribution in [0.2, 0.25) is 0 Å². The van der Waals surface area contributed by atoms with Crippen molar-refractivity contribution < 1.29 is 38.7 Å². The minimum Gasteiger partial charge on any atom is -0.486 e. The van der Waals surface area contributed by atoms with Gasteiger partial charge in [0.15, 0.2) is 23.0 Å². The van der Waals surface area contributed by atoms with Crippen molar-refractivity contribution in [3.05, 3.63) is 120 Å². The summed E-state index contributed by atoms with van der Waals surface area (Å²) in [5.41, 5.74) is 2.55. The molecule has 0 aromatic heterocycles. The van der Waals surface area contributed by atoms with Gasteiger partial charge in [0.2, 0.25) is 0 Å². The molecule has 10 heteroatoms. The quantitative estimate of drug-likeness (QED) is 0.194. The zero-order valence-electron chi connectivity index (χ0n) is 25.9. The van der Waals surface area contributed by atoms with E-state index in [1.54, 1.807) is 0 Å². The van der Waals surface area contributed by atoms with Gasteiger partial charge in [0, 0.05) is 25.2 Å². The van der Waals surface area contributed by atoms with E-state index in [1.807, 2.05) is 60.7 Å². The second-order valence-electron chi connectivity index (χ2n) is 10.7. The Labute approximate surface area is 268 Å². The number of hydrogen-bond donors (Lipinski definition) is 4. The summed E-state index contributed by atoms with van der Waals surface area (Å²) in [5, 5.41) is 21.8. The lowest BCUT2D eigenvalue weighted by molar-refractivity contribution is -0.159. The van der Waals surface area contributed by atoms with E-state index in [1.165, 1.54) is 11.1 Å². The number of para-hydroxylation sites is 4. The van der Waals surface area contributed by atoms with E-state index in [9.17, 15) is 0 Å². The van der Waals surface area contributed by atoms with Crippen molar-refractivity contribution in [2.45, 2.75) is 51.2 Å². The Morgan fingerprint density at radius 3 is 1.26 bits per heavy atom. The Morgan fingerprint density at radius 1 is 0.587 bits per heavy atom. The molecule has 4 N–H and O–H groups in total. The summed E-state index contributed by atoms with van der Waals surface area (Å²) in [6.07, 6.45) is 0.0715. The predicted octanol–water partition coefficient (Wildman–Crippen LogP) is 5.17. The van der Waals surface area contributed by atoms with E-state index in [0.717, 1.165) is 36.1 Å². The molecule has 0 spiro atoms. The Bertz CT molecular complexity index is 1400. The van der Waals surface area contributed by atoms with Gasteiger partial charge >= 0.3 is 11.9 Å². The molecule has 0 saturated heterocycles. The third-order valence-corrected chi connectivity index (χ3v) is 7.30. The lowest BCUT2D eigenvalue weighted by atomic mass is 10.1. The lowest BCUT2D eigenvalue weighted by Crippen LogP contribution is -2.45. The highest BCUT2D eigenvalue weighted by Gasteiger charge is 2.26. The molecule has 0 aliphatic carbocycles. The monoisotopic (exact) mass is 628 g/mol. The molecule has 0 radical (unpaired) electrons. The molecule has 4 aromatic rings. The maximum absolute atomic E-state index is 9.10. The molecule has 242 valence electrons. The summed E-state index contributed by atoms with van der Waals surface area (Å²) in [6, 6.07) is 36.8. The van der Waals surface area contributed by atoms with E-state index in [-0.39, 0.29) is 24.3 Å². The fourth-order valence-corrected chi connectivity index (χ4v) is 4.58. The number of fused-ring (bicyclic) bond motifs is 2. The minimum absolute atomic E-state index is 0.0358. The van der Waals surface area contributed by atoms with Gasteiger partial charge in [0.1, 0.15) is 25.4 Å². The normalized spacial score (nSPS) is 17.1. The number of ether oxygens (including phenoxy) is 4. The second-order valence-corrected chi connectivity index (χ2v) is 10.7. The summed E-state index contributed by atoms with van der Waals surface area (Å²) in [6.45, 7) is 7.10. The molecule has 46 heavy (non-hydrogen) atoms. The maximum Gasteiger partial charge on any atom is 0.414 e. The lowest BCUT2D eigenvalue weighted by Gasteiger charge is -2.31. The molecule has 10 nitrogen and oxygen atoms in total. The summed E-state index contributed by atoms with van der Waals surface area (Å²) in [4.78, 5) is 18.2. The molecule has 0 amide bonds. The van der Waals surface area contributed by atoms with E-state index < -0.39 is 11.9 Å². The first-order valence-electron chi connectivity index (χ1n) is 15.1. The summed E-state index contributed by atoms with van der Waals surface area (Å²) in [5.74, 6) is -0.322. The van der Waals surface area contributed by atoms with Crippen LogP contribution in [-0.4, -0.2) is 59.7 Å². The van der Waals surface area contributed by atoms with Crippen molar-refractivity contribution in [1.29, 1.82) is 0 Å². The number of nitrogens with one attached hydrogen (secondary N) is 2. The molecule has 2 aliphatic rings. The van der Waals surface area contributed by atoms with Gasteiger partial charge in [-0.05, 0) is 49.2 Å². The average molecular weight is 629 g/mol. The summed E-state index contributed by atoms with van der Waals surface area (Å²) >= 11 is 0. The Kier molecular flexibility index (Phi) is 12.8. The maximum atomic E-state index is 9.10. The van der Waals surface area contributed by atoms with Gasteiger partial charge in [-0.2, -0.15) is 0 Å². The van der Waals surface area contributed by atoms with Crippen molar-refractivity contribution in [2.24, 2.45) is 0 Å². The van der Waals surface area contributed by atoms with E-state index in [2.05, 4.69) is 73.0 Å². The minimum atomic E-state index is -1.82. The van der Waals surface area contributed by atoms with Gasteiger partial charge in [-0.3, -0.25) is 0 Å². The second kappa shape index (κ2) is 17.4. The van der Waals surface area contributed by atoms with Crippen molar-refractivity contribution in [2.75, 3.05) is 13.2 Å². The van der Waals surface area contributed by atoms with Crippen LogP contribution in [0.3, 0.4) is 0 Å². The van der Waals surface area contributed by atoms with Crippen LogP contribution in [0, 0.1) is 0 Å². The van der Waals surface area contributed by atoms with E-state index in [0.29, 0.717) is 13.2 Å². The Hall–Kier alpha value is -5.06. The van der Waals surface area contributed by atoms with Gasteiger partial charge in [-0.25, -0.2) is 9.59 Å². The van der Waals surface area contributed by atoms with Crippen molar-refractivity contribution >= 4 is 11.9 Å². The molecular weight excluding hydrogens is 588 g/mol. The first kappa shape index (κ1) is 33.8. The van der Waals surface area contributed by atoms with Crippen LogP contribution in [0.5, 0.6) is 23.0 Å². The largest absolute Gasteiger partial charge is 0.486 e. The fourth-order valence-electron chi connectivity index (χ4n) is 4.58. The van der Waals surface area contributed by atoms with Crippen LogP contribution in [0.4, 0.5) is 0 Å². The van der Waals surface area contributed by atoms with Crippen LogP contribution in [0.1, 0.15) is 25.0 Å². The van der Waals surface area contributed by atoms with E-state index in [4.69, 9.17) is 38.7 Å². The smallest absolute Gasteiger partial charge is 0.414 e. The Balaban J connectivity index is 0.000000178. The number of carbonyl (C=O) groups is 2. The highest BCUT2D eigenvalue weighted by atomic mass is 16.6. The van der Waals surface area contributed by atoms with Gasteiger partial charge in [-0.1, -0.05) is 84.9 Å². The standard InChI is InChI=1S/2C17H19NO2.C2H2O4/c2*1-13(18-11-14-7-3-2-4-8-14)17-12-19-15-9-5-6-10-16(15)20-17;3-1(4)2(5)6/h2*2-10,13,17-18H,11-12H2,1H3;(H,3,4)(H,5,6). The number of benzene rings is 4. The third-order valence-electron chi connectivity index (χ3n) is 7.30. The fraction of sp³-hybridized carbons (Fsp3) is 0.278. The number of carboxylic acids is 2. The Morgan fingerprint density at radius 2 is 0.913 bits per heavy atom. The van der Waals surface area contributed by atoms with Crippen LogP contribution in [-0.2, 0) is 22.7 Å². The third kappa shape index (κ3) is 10.5. The molecule has 2 aliphatic heterocycles.